The van der Waals surface area contributed by atoms with Crippen LogP contribution in [0.3, 0.4) is 0 Å². The molecule has 0 spiro atoms. The molecular formula is C12H14N2O4. The minimum atomic E-state index is -0.138. The number of aromatic hydroxyl groups is 1. The number of aliphatic imine (C=N–C) groups is 1. The Morgan fingerprint density at radius 2 is 2.11 bits per heavy atom. The van der Waals surface area contributed by atoms with Crippen molar-refractivity contribution in [2.45, 2.75) is 0 Å². The molecule has 0 saturated carbocycles. The smallest absolute Gasteiger partial charge is 0.163 e. The fourth-order valence-corrected chi connectivity index (χ4v) is 1.27. The molecule has 1 aromatic carbocycles. The topological polar surface area (TPSA) is 95.1 Å². The van der Waals surface area contributed by atoms with Gasteiger partial charge in [0.25, 0.3) is 0 Å². The van der Waals surface area contributed by atoms with E-state index in [1.54, 1.807) is 0 Å². The molecule has 0 bridgehead atoms. The van der Waals surface area contributed by atoms with Crippen LogP contribution >= 0.6 is 0 Å². The molecule has 0 aliphatic rings. The van der Waals surface area contributed by atoms with Crippen molar-refractivity contribution in [1.29, 1.82) is 5.26 Å². The summed E-state index contributed by atoms with van der Waals surface area (Å²) in [7, 11) is 0. The third kappa shape index (κ3) is 3.73. The Kier molecular flexibility index (Phi) is 5.64. The van der Waals surface area contributed by atoms with Gasteiger partial charge in [0.05, 0.1) is 31.1 Å². The molecule has 6 nitrogen and oxygen atoms in total. The molecule has 0 radical (unpaired) electrons. The molecule has 2 N–H and O–H groups in total. The Hall–Kier alpha value is -2.10. The van der Waals surface area contributed by atoms with Crippen LogP contribution < -0.4 is 4.74 Å². The summed E-state index contributed by atoms with van der Waals surface area (Å²) in [5.74, 6) is 0.0742. The quantitative estimate of drug-likeness (QED) is 0.555. The zero-order valence-electron chi connectivity index (χ0n) is 9.80. The van der Waals surface area contributed by atoms with Crippen LogP contribution in [0.15, 0.2) is 17.1 Å². The molecule has 0 aliphatic heterocycles. The first kappa shape index (κ1) is 14.0. The van der Waals surface area contributed by atoms with E-state index in [1.807, 2.05) is 6.07 Å². The second-order valence-corrected chi connectivity index (χ2v) is 3.29. The number of hydrogen-bond acceptors (Lipinski definition) is 6. The van der Waals surface area contributed by atoms with E-state index in [0.29, 0.717) is 5.69 Å². The van der Waals surface area contributed by atoms with E-state index in [9.17, 15) is 5.11 Å². The highest BCUT2D eigenvalue weighted by Crippen LogP contribution is 2.33. The van der Waals surface area contributed by atoms with Crippen LogP contribution in [0, 0.1) is 11.3 Å². The van der Waals surface area contributed by atoms with E-state index < -0.39 is 0 Å². The monoisotopic (exact) mass is 250 g/mol. The van der Waals surface area contributed by atoms with Crippen molar-refractivity contribution in [3.05, 3.63) is 17.7 Å². The van der Waals surface area contributed by atoms with Crippen LogP contribution in [0.2, 0.25) is 0 Å². The summed E-state index contributed by atoms with van der Waals surface area (Å²) in [5.41, 5.74) is 0.577. The predicted molar refractivity (Wildman–Crippen MR) is 65.4 cm³/mol. The van der Waals surface area contributed by atoms with Gasteiger partial charge in [0.1, 0.15) is 12.7 Å². The Labute approximate surface area is 105 Å². The second kappa shape index (κ2) is 7.27. The first-order chi connectivity index (χ1) is 8.72. The lowest BCUT2D eigenvalue weighted by molar-refractivity contribution is 0.0699. The molecule has 0 atom stereocenters. The third-order valence-electron chi connectivity index (χ3n) is 2.09. The van der Waals surface area contributed by atoms with Crippen LogP contribution in [0.4, 0.5) is 5.69 Å². The fourth-order valence-electron chi connectivity index (χ4n) is 1.27. The molecule has 0 aromatic heterocycles. The molecule has 1 aromatic rings. The first-order valence-corrected chi connectivity index (χ1v) is 5.28. The minimum Gasteiger partial charge on any atom is -0.504 e. The van der Waals surface area contributed by atoms with Gasteiger partial charge in [-0.15, -0.1) is 0 Å². The van der Waals surface area contributed by atoms with Gasteiger partial charge in [-0.3, -0.25) is 4.99 Å². The molecule has 0 aliphatic carbocycles. The normalized spacial score (nSPS) is 9.78. The maximum absolute atomic E-state index is 9.63. The maximum Gasteiger partial charge on any atom is 0.163 e. The summed E-state index contributed by atoms with van der Waals surface area (Å²) in [6.07, 6.45) is 0. The van der Waals surface area contributed by atoms with Crippen LogP contribution in [-0.2, 0) is 4.74 Å². The number of aliphatic hydroxyl groups is 1. The first-order valence-electron chi connectivity index (χ1n) is 5.28. The molecule has 18 heavy (non-hydrogen) atoms. The highest BCUT2D eigenvalue weighted by molar-refractivity contribution is 5.63. The number of rotatable bonds is 7. The van der Waals surface area contributed by atoms with Crippen LogP contribution in [-0.4, -0.2) is 43.4 Å². The maximum atomic E-state index is 9.63. The van der Waals surface area contributed by atoms with Crippen molar-refractivity contribution in [2.75, 3.05) is 26.4 Å². The van der Waals surface area contributed by atoms with Gasteiger partial charge in [-0.05, 0) is 6.72 Å². The van der Waals surface area contributed by atoms with Gasteiger partial charge in [0.15, 0.2) is 11.5 Å². The van der Waals surface area contributed by atoms with Gasteiger partial charge < -0.3 is 19.7 Å². The van der Waals surface area contributed by atoms with Crippen molar-refractivity contribution in [3.8, 4) is 17.6 Å². The summed E-state index contributed by atoms with van der Waals surface area (Å²) in [6, 6.07) is 4.61. The number of aliphatic hydroxyl groups excluding tert-OH is 1. The van der Waals surface area contributed by atoms with Crippen LogP contribution in [0.25, 0.3) is 0 Å². The van der Waals surface area contributed by atoms with E-state index >= 15 is 0 Å². The van der Waals surface area contributed by atoms with Crippen molar-refractivity contribution in [1.82, 2.24) is 0 Å². The predicted octanol–water partition coefficient (Wildman–Crippen LogP) is 0.984. The van der Waals surface area contributed by atoms with E-state index in [-0.39, 0.29) is 43.5 Å². The molecule has 0 heterocycles. The highest BCUT2D eigenvalue weighted by atomic mass is 16.5. The minimum absolute atomic E-state index is 0.0490. The Morgan fingerprint density at radius 3 is 2.72 bits per heavy atom. The summed E-state index contributed by atoms with van der Waals surface area (Å²) in [4.78, 5) is 3.67. The van der Waals surface area contributed by atoms with Crippen molar-refractivity contribution < 1.29 is 19.7 Å². The lowest BCUT2D eigenvalue weighted by Gasteiger charge is -2.09. The standard InChI is InChI=1S/C12H14N2O4/c1-14-10-7-12(11(16)6-9(10)8-13)18-5-4-17-3-2-15/h6-7,15-16H,1-5H2. The number of nitriles is 1. The highest BCUT2D eigenvalue weighted by Gasteiger charge is 2.09. The Bertz CT molecular complexity index is 454. The number of nitrogens with zero attached hydrogens (tertiary/aromatic N) is 2. The lowest BCUT2D eigenvalue weighted by Crippen LogP contribution is -2.09. The number of hydrogen-bond donors (Lipinski definition) is 2. The number of ether oxygens (including phenoxy) is 2. The van der Waals surface area contributed by atoms with Crippen molar-refractivity contribution >= 4 is 12.4 Å². The van der Waals surface area contributed by atoms with Crippen molar-refractivity contribution in [2.24, 2.45) is 4.99 Å². The van der Waals surface area contributed by atoms with Gasteiger partial charge in [0.2, 0.25) is 0 Å². The fraction of sp³-hybridized carbons (Fsp3) is 0.333. The number of phenolic OH excluding ortho intramolecular Hbond substituents is 1. The van der Waals surface area contributed by atoms with Gasteiger partial charge >= 0.3 is 0 Å². The Balaban J connectivity index is 2.66. The molecule has 6 heteroatoms. The van der Waals surface area contributed by atoms with Crippen LogP contribution in [0.1, 0.15) is 5.56 Å². The van der Waals surface area contributed by atoms with E-state index in [4.69, 9.17) is 19.8 Å². The van der Waals surface area contributed by atoms with E-state index in [0.717, 1.165) is 0 Å². The summed E-state index contributed by atoms with van der Waals surface area (Å²) in [5, 5.41) is 26.9. The van der Waals surface area contributed by atoms with E-state index in [2.05, 4.69) is 11.7 Å². The number of benzene rings is 1. The SMILES string of the molecule is C=Nc1cc(OCCOCCO)c(O)cc1C#N. The number of phenols is 1. The zero-order valence-corrected chi connectivity index (χ0v) is 9.80. The molecule has 0 saturated heterocycles. The second-order valence-electron chi connectivity index (χ2n) is 3.29. The van der Waals surface area contributed by atoms with Crippen molar-refractivity contribution in [3.63, 3.8) is 0 Å². The van der Waals surface area contributed by atoms with Gasteiger partial charge in [-0.2, -0.15) is 5.26 Å². The van der Waals surface area contributed by atoms with E-state index in [1.165, 1.54) is 12.1 Å². The van der Waals surface area contributed by atoms with Gasteiger partial charge in [0, 0.05) is 12.1 Å². The van der Waals surface area contributed by atoms with Gasteiger partial charge in [-0.1, -0.05) is 0 Å². The summed E-state index contributed by atoms with van der Waals surface area (Å²) >= 11 is 0. The van der Waals surface area contributed by atoms with Crippen LogP contribution in [0.5, 0.6) is 11.5 Å². The summed E-state index contributed by atoms with van der Waals surface area (Å²) in [6.45, 7) is 4.04. The lowest BCUT2D eigenvalue weighted by atomic mass is 10.2. The average Bonchev–Trinajstić information content (AvgIpc) is 2.39. The largest absolute Gasteiger partial charge is 0.504 e. The molecule has 96 valence electrons. The Morgan fingerprint density at radius 1 is 1.33 bits per heavy atom. The molecule has 0 unspecified atom stereocenters. The molecule has 0 fully saturated rings. The zero-order chi connectivity index (χ0) is 13.4. The molecule has 0 amide bonds. The molecule has 1 rings (SSSR count). The third-order valence-corrected chi connectivity index (χ3v) is 2.09. The molecular weight excluding hydrogens is 236 g/mol. The average molecular weight is 250 g/mol. The summed E-state index contributed by atoms with van der Waals surface area (Å²) < 4.78 is 10.3. The van der Waals surface area contributed by atoms with Gasteiger partial charge in [-0.25, -0.2) is 0 Å².